The summed E-state index contributed by atoms with van der Waals surface area (Å²) in [6, 6.07) is 3.68. The monoisotopic (exact) mass is 284 g/mol. The Bertz CT molecular complexity index is 339. The fourth-order valence-corrected chi connectivity index (χ4v) is 1.57. The van der Waals surface area contributed by atoms with Crippen molar-refractivity contribution in [2.45, 2.75) is 6.18 Å². The molecule has 0 heterocycles. The Labute approximate surface area is 93.1 Å². The van der Waals surface area contributed by atoms with E-state index >= 15 is 0 Å². The minimum atomic E-state index is -4.40. The number of hydrogen-bond donors (Lipinski definition) is 0. The van der Waals surface area contributed by atoms with Crippen LogP contribution in [0, 0.1) is 0 Å². The summed E-state index contributed by atoms with van der Waals surface area (Å²) in [7, 11) is 1.39. The number of hydrogen-bond acceptors (Lipinski definition) is 2. The molecule has 0 radical (unpaired) electrons. The summed E-state index contributed by atoms with van der Waals surface area (Å²) in [5, 5.41) is 0. The zero-order valence-corrected chi connectivity index (χ0v) is 9.35. The van der Waals surface area contributed by atoms with Gasteiger partial charge in [0.05, 0.1) is 10.0 Å². The first kappa shape index (κ1) is 12.3. The SMILES string of the molecule is COCOc1cccc(C(F)(F)F)c1Br. The summed E-state index contributed by atoms with van der Waals surface area (Å²) in [6.07, 6.45) is -4.40. The van der Waals surface area contributed by atoms with E-state index in [-0.39, 0.29) is 17.0 Å². The second-order valence-corrected chi connectivity index (χ2v) is 3.46. The van der Waals surface area contributed by atoms with Gasteiger partial charge in [0.25, 0.3) is 0 Å². The number of methoxy groups -OCH3 is 1. The summed E-state index contributed by atoms with van der Waals surface area (Å²) >= 11 is 2.85. The second-order valence-electron chi connectivity index (χ2n) is 2.67. The summed E-state index contributed by atoms with van der Waals surface area (Å²) in [5.74, 6) is 0.103. The Balaban J connectivity index is 3.01. The highest BCUT2D eigenvalue weighted by Crippen LogP contribution is 2.39. The Morgan fingerprint density at radius 3 is 2.53 bits per heavy atom. The van der Waals surface area contributed by atoms with Crippen LogP contribution in [0.15, 0.2) is 22.7 Å². The van der Waals surface area contributed by atoms with Crippen molar-refractivity contribution < 1.29 is 22.6 Å². The molecule has 0 spiro atoms. The van der Waals surface area contributed by atoms with Gasteiger partial charge in [-0.1, -0.05) is 6.07 Å². The lowest BCUT2D eigenvalue weighted by atomic mass is 10.2. The highest BCUT2D eigenvalue weighted by atomic mass is 79.9. The fraction of sp³-hybridized carbons (Fsp3) is 0.333. The average molecular weight is 285 g/mol. The molecule has 0 atom stereocenters. The largest absolute Gasteiger partial charge is 0.466 e. The molecule has 1 rings (SSSR count). The van der Waals surface area contributed by atoms with Crippen molar-refractivity contribution in [3.8, 4) is 5.75 Å². The first-order valence-electron chi connectivity index (χ1n) is 3.94. The van der Waals surface area contributed by atoms with Crippen molar-refractivity contribution in [2.75, 3.05) is 13.9 Å². The molecule has 0 N–H and O–H groups in total. The maximum Gasteiger partial charge on any atom is 0.417 e. The second kappa shape index (κ2) is 4.85. The van der Waals surface area contributed by atoms with E-state index in [0.717, 1.165) is 6.07 Å². The van der Waals surface area contributed by atoms with Crippen LogP contribution in [-0.4, -0.2) is 13.9 Å². The van der Waals surface area contributed by atoms with Gasteiger partial charge in [0, 0.05) is 7.11 Å². The summed E-state index contributed by atoms with van der Waals surface area (Å²) in [4.78, 5) is 0. The first-order chi connectivity index (χ1) is 6.96. The lowest BCUT2D eigenvalue weighted by Gasteiger charge is -2.12. The van der Waals surface area contributed by atoms with Gasteiger partial charge < -0.3 is 9.47 Å². The molecule has 0 unspecified atom stereocenters. The van der Waals surface area contributed by atoms with Crippen molar-refractivity contribution in [1.82, 2.24) is 0 Å². The molecular weight excluding hydrogens is 277 g/mol. The standard InChI is InChI=1S/C9H8BrF3O2/c1-14-5-15-7-4-2-3-6(8(7)10)9(11,12)13/h2-4H,5H2,1H3. The van der Waals surface area contributed by atoms with E-state index in [9.17, 15) is 13.2 Å². The van der Waals surface area contributed by atoms with E-state index in [0.29, 0.717) is 0 Å². The fourth-order valence-electron chi connectivity index (χ4n) is 0.964. The molecule has 2 nitrogen and oxygen atoms in total. The summed E-state index contributed by atoms with van der Waals surface area (Å²) < 4.78 is 46.7. The highest BCUT2D eigenvalue weighted by Gasteiger charge is 2.33. The molecule has 0 amide bonds. The molecule has 0 saturated carbocycles. The lowest BCUT2D eigenvalue weighted by Crippen LogP contribution is -2.07. The Hall–Kier alpha value is -0.750. The van der Waals surface area contributed by atoms with Crippen molar-refractivity contribution in [3.63, 3.8) is 0 Å². The minimum absolute atomic E-state index is 0.0973. The van der Waals surface area contributed by atoms with Gasteiger partial charge in [-0.3, -0.25) is 0 Å². The van der Waals surface area contributed by atoms with E-state index in [1.54, 1.807) is 0 Å². The summed E-state index contributed by atoms with van der Waals surface area (Å²) in [6.45, 7) is -0.0973. The van der Waals surface area contributed by atoms with E-state index in [1.807, 2.05) is 0 Å². The van der Waals surface area contributed by atoms with Crippen LogP contribution in [0.5, 0.6) is 5.75 Å². The third-order valence-electron chi connectivity index (χ3n) is 1.60. The molecule has 0 aliphatic heterocycles. The molecule has 15 heavy (non-hydrogen) atoms. The van der Waals surface area contributed by atoms with Gasteiger partial charge in [0.15, 0.2) is 6.79 Å². The van der Waals surface area contributed by atoms with Crippen LogP contribution in [0.25, 0.3) is 0 Å². The molecule has 0 aromatic heterocycles. The highest BCUT2D eigenvalue weighted by molar-refractivity contribution is 9.10. The third-order valence-corrected chi connectivity index (χ3v) is 2.42. The van der Waals surface area contributed by atoms with Crippen LogP contribution < -0.4 is 4.74 Å². The Kier molecular flexibility index (Phi) is 3.98. The van der Waals surface area contributed by atoms with E-state index in [2.05, 4.69) is 20.7 Å². The zero-order chi connectivity index (χ0) is 11.5. The minimum Gasteiger partial charge on any atom is -0.466 e. The van der Waals surface area contributed by atoms with Crippen LogP contribution in [0.3, 0.4) is 0 Å². The molecule has 0 saturated heterocycles. The van der Waals surface area contributed by atoms with E-state index in [4.69, 9.17) is 4.74 Å². The van der Waals surface area contributed by atoms with Crippen LogP contribution in [0.4, 0.5) is 13.2 Å². The smallest absolute Gasteiger partial charge is 0.417 e. The van der Waals surface area contributed by atoms with Crippen molar-refractivity contribution in [2.24, 2.45) is 0 Å². The van der Waals surface area contributed by atoms with Crippen molar-refractivity contribution in [3.05, 3.63) is 28.2 Å². The Morgan fingerprint density at radius 1 is 1.33 bits per heavy atom. The van der Waals surface area contributed by atoms with Crippen LogP contribution >= 0.6 is 15.9 Å². The molecule has 0 aliphatic rings. The maximum absolute atomic E-state index is 12.4. The van der Waals surface area contributed by atoms with E-state index in [1.165, 1.54) is 19.2 Å². The summed E-state index contributed by atoms with van der Waals surface area (Å²) in [5.41, 5.74) is -0.767. The van der Waals surface area contributed by atoms with Gasteiger partial charge in [0.1, 0.15) is 5.75 Å². The molecule has 6 heteroatoms. The molecular formula is C9H8BrF3O2. The van der Waals surface area contributed by atoms with Crippen LogP contribution in [0.2, 0.25) is 0 Å². The molecule has 1 aromatic carbocycles. The maximum atomic E-state index is 12.4. The average Bonchev–Trinajstić information content (AvgIpc) is 2.14. The quantitative estimate of drug-likeness (QED) is 0.792. The Morgan fingerprint density at radius 2 is 2.00 bits per heavy atom. The normalized spacial score (nSPS) is 11.5. The van der Waals surface area contributed by atoms with E-state index < -0.39 is 11.7 Å². The number of rotatable bonds is 3. The number of benzene rings is 1. The lowest BCUT2D eigenvalue weighted by molar-refractivity contribution is -0.138. The van der Waals surface area contributed by atoms with Gasteiger partial charge in [-0.2, -0.15) is 13.2 Å². The zero-order valence-electron chi connectivity index (χ0n) is 7.77. The molecule has 0 aliphatic carbocycles. The number of ether oxygens (including phenoxy) is 2. The van der Waals surface area contributed by atoms with Gasteiger partial charge in [-0.15, -0.1) is 0 Å². The topological polar surface area (TPSA) is 18.5 Å². The molecule has 0 bridgehead atoms. The number of alkyl halides is 3. The molecule has 1 aromatic rings. The molecule has 84 valence electrons. The van der Waals surface area contributed by atoms with Crippen molar-refractivity contribution >= 4 is 15.9 Å². The van der Waals surface area contributed by atoms with Gasteiger partial charge >= 0.3 is 6.18 Å². The first-order valence-corrected chi connectivity index (χ1v) is 4.73. The molecule has 0 fully saturated rings. The third kappa shape index (κ3) is 3.10. The van der Waals surface area contributed by atoms with Crippen molar-refractivity contribution in [1.29, 1.82) is 0 Å². The van der Waals surface area contributed by atoms with Crippen LogP contribution in [0.1, 0.15) is 5.56 Å². The van der Waals surface area contributed by atoms with Gasteiger partial charge in [-0.05, 0) is 28.1 Å². The van der Waals surface area contributed by atoms with Crippen LogP contribution in [-0.2, 0) is 10.9 Å². The number of halogens is 4. The predicted molar refractivity (Wildman–Crippen MR) is 51.6 cm³/mol. The van der Waals surface area contributed by atoms with Gasteiger partial charge in [0.2, 0.25) is 0 Å². The van der Waals surface area contributed by atoms with Gasteiger partial charge in [-0.25, -0.2) is 0 Å². The predicted octanol–water partition coefficient (Wildman–Crippen LogP) is 3.45.